The Balaban J connectivity index is 2.11. The van der Waals surface area contributed by atoms with Crippen molar-refractivity contribution in [3.63, 3.8) is 0 Å². The highest BCUT2D eigenvalue weighted by atomic mass is 16.5. The zero-order valence-electron chi connectivity index (χ0n) is 10.6. The fourth-order valence-corrected chi connectivity index (χ4v) is 3.47. The maximum atomic E-state index is 6.01. The van der Waals surface area contributed by atoms with Crippen LogP contribution in [0, 0.1) is 0 Å². The van der Waals surface area contributed by atoms with Crippen molar-refractivity contribution < 1.29 is 4.74 Å². The van der Waals surface area contributed by atoms with E-state index in [1.54, 1.807) is 7.11 Å². The maximum Gasteiger partial charge on any atom is 0.126 e. The molecule has 2 N–H and O–H groups in total. The molecule has 0 bridgehead atoms. The van der Waals surface area contributed by atoms with Crippen LogP contribution in [0.3, 0.4) is 0 Å². The van der Waals surface area contributed by atoms with Gasteiger partial charge in [-0.3, -0.25) is 0 Å². The molecule has 0 amide bonds. The highest BCUT2D eigenvalue weighted by Crippen LogP contribution is 2.48. The predicted molar refractivity (Wildman–Crippen MR) is 69.6 cm³/mol. The van der Waals surface area contributed by atoms with Gasteiger partial charge in [-0.25, -0.2) is 0 Å². The van der Waals surface area contributed by atoms with E-state index in [4.69, 9.17) is 10.5 Å². The summed E-state index contributed by atoms with van der Waals surface area (Å²) in [6, 6.07) is 4.57. The fraction of sp³-hybridized carbons (Fsp3) is 0.600. The average molecular weight is 231 g/mol. The molecule has 92 valence electrons. The number of rotatable bonds is 3. The molecular weight excluding hydrogens is 210 g/mol. The zero-order valence-corrected chi connectivity index (χ0v) is 10.6. The first kappa shape index (κ1) is 11.1. The van der Waals surface area contributed by atoms with Crippen molar-refractivity contribution in [1.29, 1.82) is 0 Å². The molecule has 1 aromatic carbocycles. The third kappa shape index (κ3) is 1.50. The van der Waals surface area contributed by atoms with Gasteiger partial charge in [-0.1, -0.05) is 18.6 Å². The molecule has 0 saturated heterocycles. The third-order valence-corrected chi connectivity index (χ3v) is 4.71. The van der Waals surface area contributed by atoms with Crippen LogP contribution in [0.4, 0.5) is 0 Å². The summed E-state index contributed by atoms with van der Waals surface area (Å²) in [6.07, 6.45) is 7.40. The van der Waals surface area contributed by atoms with Gasteiger partial charge in [0, 0.05) is 17.5 Å². The molecule has 0 unspecified atom stereocenters. The van der Waals surface area contributed by atoms with E-state index < -0.39 is 0 Å². The van der Waals surface area contributed by atoms with Crippen molar-refractivity contribution >= 4 is 0 Å². The number of methoxy groups -OCH3 is 1. The molecule has 0 aliphatic heterocycles. The average Bonchev–Trinajstić information content (AvgIpc) is 2.76. The number of benzene rings is 1. The van der Waals surface area contributed by atoms with Gasteiger partial charge in [-0.05, 0) is 43.2 Å². The first-order valence-electron chi connectivity index (χ1n) is 6.70. The number of hydrogen-bond donors (Lipinski definition) is 1. The minimum atomic E-state index is 0.211. The lowest BCUT2D eigenvalue weighted by atomic mass is 9.64. The van der Waals surface area contributed by atoms with Crippen LogP contribution in [-0.4, -0.2) is 13.7 Å². The molecule has 0 spiro atoms. The maximum absolute atomic E-state index is 6.01. The summed E-state index contributed by atoms with van der Waals surface area (Å²) < 4.78 is 5.72. The van der Waals surface area contributed by atoms with Gasteiger partial charge in [-0.2, -0.15) is 0 Å². The van der Waals surface area contributed by atoms with Gasteiger partial charge in [0.05, 0.1) is 7.11 Å². The van der Waals surface area contributed by atoms with E-state index in [0.717, 1.165) is 12.3 Å². The van der Waals surface area contributed by atoms with Gasteiger partial charge in [0.1, 0.15) is 5.75 Å². The summed E-state index contributed by atoms with van der Waals surface area (Å²) in [6.45, 7) is 0.752. The summed E-state index contributed by atoms with van der Waals surface area (Å²) in [5.41, 5.74) is 10.5. The van der Waals surface area contributed by atoms with E-state index in [9.17, 15) is 0 Å². The molecule has 2 nitrogen and oxygen atoms in total. The van der Waals surface area contributed by atoms with Crippen LogP contribution in [0.15, 0.2) is 12.1 Å². The van der Waals surface area contributed by atoms with E-state index in [1.165, 1.54) is 55.2 Å². The van der Waals surface area contributed by atoms with Gasteiger partial charge < -0.3 is 10.5 Å². The van der Waals surface area contributed by atoms with Crippen LogP contribution < -0.4 is 10.5 Å². The van der Waals surface area contributed by atoms with Crippen molar-refractivity contribution in [2.75, 3.05) is 13.7 Å². The minimum Gasteiger partial charge on any atom is -0.496 e. The van der Waals surface area contributed by atoms with Crippen molar-refractivity contribution in [3.8, 4) is 5.75 Å². The highest BCUT2D eigenvalue weighted by Gasteiger charge is 2.40. The van der Waals surface area contributed by atoms with Crippen molar-refractivity contribution in [2.24, 2.45) is 5.73 Å². The Morgan fingerprint density at radius 2 is 2.06 bits per heavy atom. The number of ether oxygens (including phenoxy) is 1. The first-order chi connectivity index (χ1) is 8.30. The molecule has 2 aliphatic carbocycles. The fourth-order valence-electron chi connectivity index (χ4n) is 3.47. The predicted octanol–water partition coefficient (Wildman–Crippen LogP) is 2.56. The molecule has 1 aromatic rings. The second kappa shape index (κ2) is 4.02. The summed E-state index contributed by atoms with van der Waals surface area (Å²) in [5.74, 6) is 1.14. The summed E-state index contributed by atoms with van der Waals surface area (Å²) >= 11 is 0. The van der Waals surface area contributed by atoms with Crippen LogP contribution in [0.1, 0.15) is 42.4 Å². The molecule has 2 aliphatic rings. The SMILES string of the molecule is COc1c(C2(CN)CCC2)ccc2c1CCC2. The van der Waals surface area contributed by atoms with Crippen LogP contribution in [0.25, 0.3) is 0 Å². The van der Waals surface area contributed by atoms with Crippen LogP contribution >= 0.6 is 0 Å². The van der Waals surface area contributed by atoms with E-state index in [2.05, 4.69) is 12.1 Å². The standard InChI is InChI=1S/C15H21NO/c1-17-14-12-5-2-4-11(12)6-7-13(14)15(10-16)8-3-9-15/h6-7H,2-5,8-10,16H2,1H3. The number of hydrogen-bond acceptors (Lipinski definition) is 2. The minimum absolute atomic E-state index is 0.211. The molecule has 1 saturated carbocycles. The number of aryl methyl sites for hydroxylation is 1. The summed E-state index contributed by atoms with van der Waals surface area (Å²) in [4.78, 5) is 0. The lowest BCUT2D eigenvalue weighted by Crippen LogP contribution is -2.41. The zero-order chi connectivity index (χ0) is 11.9. The van der Waals surface area contributed by atoms with Gasteiger partial charge >= 0.3 is 0 Å². The molecule has 1 fully saturated rings. The van der Waals surface area contributed by atoms with Crippen LogP contribution in [0.2, 0.25) is 0 Å². The molecular formula is C15H21NO. The lowest BCUT2D eigenvalue weighted by Gasteiger charge is -2.42. The normalized spacial score (nSPS) is 20.8. The van der Waals surface area contributed by atoms with Crippen LogP contribution in [0.5, 0.6) is 5.75 Å². The van der Waals surface area contributed by atoms with Gasteiger partial charge in [0.25, 0.3) is 0 Å². The molecule has 0 atom stereocenters. The first-order valence-corrected chi connectivity index (χ1v) is 6.70. The largest absolute Gasteiger partial charge is 0.496 e. The van der Waals surface area contributed by atoms with Crippen molar-refractivity contribution in [2.45, 2.75) is 43.9 Å². The molecule has 0 radical (unpaired) electrons. The Hall–Kier alpha value is -1.02. The Labute approximate surface area is 103 Å². The Bertz CT molecular complexity index is 429. The van der Waals surface area contributed by atoms with E-state index in [0.29, 0.717) is 0 Å². The monoisotopic (exact) mass is 231 g/mol. The summed E-state index contributed by atoms with van der Waals surface area (Å²) in [5, 5.41) is 0. The summed E-state index contributed by atoms with van der Waals surface area (Å²) in [7, 11) is 1.81. The highest BCUT2D eigenvalue weighted by molar-refractivity contribution is 5.52. The molecule has 0 aromatic heterocycles. The topological polar surface area (TPSA) is 35.2 Å². The van der Waals surface area contributed by atoms with Crippen LogP contribution in [-0.2, 0) is 18.3 Å². The van der Waals surface area contributed by atoms with Gasteiger partial charge in [0.2, 0.25) is 0 Å². The van der Waals surface area contributed by atoms with E-state index >= 15 is 0 Å². The molecule has 0 heterocycles. The van der Waals surface area contributed by atoms with Crippen molar-refractivity contribution in [1.82, 2.24) is 0 Å². The lowest BCUT2D eigenvalue weighted by molar-refractivity contribution is 0.243. The van der Waals surface area contributed by atoms with Gasteiger partial charge in [-0.15, -0.1) is 0 Å². The van der Waals surface area contributed by atoms with Crippen molar-refractivity contribution in [3.05, 3.63) is 28.8 Å². The second-order valence-corrected chi connectivity index (χ2v) is 5.48. The second-order valence-electron chi connectivity index (χ2n) is 5.48. The molecule has 3 rings (SSSR count). The number of nitrogens with two attached hydrogens (primary N) is 1. The Morgan fingerprint density at radius 1 is 1.24 bits per heavy atom. The molecule has 17 heavy (non-hydrogen) atoms. The van der Waals surface area contributed by atoms with Gasteiger partial charge in [0.15, 0.2) is 0 Å². The Morgan fingerprint density at radius 3 is 2.65 bits per heavy atom. The third-order valence-electron chi connectivity index (χ3n) is 4.71. The van der Waals surface area contributed by atoms with E-state index in [-0.39, 0.29) is 5.41 Å². The quantitative estimate of drug-likeness (QED) is 0.867. The Kier molecular flexibility index (Phi) is 2.62. The van der Waals surface area contributed by atoms with E-state index in [1.807, 2.05) is 0 Å². The number of fused-ring (bicyclic) bond motifs is 1. The smallest absolute Gasteiger partial charge is 0.126 e. The molecule has 2 heteroatoms.